The maximum absolute atomic E-state index is 4.35. The van der Waals surface area contributed by atoms with E-state index >= 15 is 0 Å². The summed E-state index contributed by atoms with van der Waals surface area (Å²) in [5.41, 5.74) is 2.96. The summed E-state index contributed by atoms with van der Waals surface area (Å²) in [4.78, 5) is 8.64. The van der Waals surface area contributed by atoms with E-state index in [1.807, 2.05) is 6.07 Å². The molecule has 21 heavy (non-hydrogen) atoms. The Morgan fingerprint density at radius 1 is 0.857 bits per heavy atom. The van der Waals surface area contributed by atoms with Gasteiger partial charge < -0.3 is 10.6 Å². The van der Waals surface area contributed by atoms with Crippen LogP contribution in [0.4, 0.5) is 11.6 Å². The number of nitrogens with one attached hydrogen (secondary N) is 2. The SMILES string of the molecule is c1ccc2c(c1)CCC(Nc1cc(NC3CC3)ncn1)C2. The lowest BCUT2D eigenvalue weighted by molar-refractivity contribution is 0.608. The summed E-state index contributed by atoms with van der Waals surface area (Å²) in [5, 5.41) is 6.98. The van der Waals surface area contributed by atoms with E-state index in [0.29, 0.717) is 12.1 Å². The molecule has 1 atom stereocenters. The molecule has 4 rings (SSSR count). The van der Waals surface area contributed by atoms with Gasteiger partial charge in [0.1, 0.15) is 18.0 Å². The Hall–Kier alpha value is -2.10. The summed E-state index contributed by atoms with van der Waals surface area (Å²) in [6.45, 7) is 0. The van der Waals surface area contributed by atoms with Crippen molar-refractivity contribution in [3.63, 3.8) is 0 Å². The zero-order valence-corrected chi connectivity index (χ0v) is 12.0. The molecule has 1 aromatic carbocycles. The van der Waals surface area contributed by atoms with Gasteiger partial charge in [-0.05, 0) is 43.2 Å². The lowest BCUT2D eigenvalue weighted by atomic mass is 9.88. The van der Waals surface area contributed by atoms with Gasteiger partial charge in [-0.1, -0.05) is 24.3 Å². The molecule has 1 unspecified atom stereocenters. The van der Waals surface area contributed by atoms with Crippen LogP contribution in [-0.4, -0.2) is 22.1 Å². The van der Waals surface area contributed by atoms with Crippen molar-refractivity contribution in [1.82, 2.24) is 9.97 Å². The van der Waals surface area contributed by atoms with E-state index < -0.39 is 0 Å². The highest BCUT2D eigenvalue weighted by molar-refractivity contribution is 5.48. The molecule has 1 fully saturated rings. The lowest BCUT2D eigenvalue weighted by Gasteiger charge is -2.26. The van der Waals surface area contributed by atoms with Crippen molar-refractivity contribution in [2.24, 2.45) is 0 Å². The van der Waals surface area contributed by atoms with Crippen molar-refractivity contribution in [3.8, 4) is 0 Å². The molecular weight excluding hydrogens is 260 g/mol. The van der Waals surface area contributed by atoms with E-state index in [1.165, 1.54) is 24.0 Å². The second kappa shape index (κ2) is 5.35. The molecule has 0 aliphatic heterocycles. The molecule has 0 amide bonds. The quantitative estimate of drug-likeness (QED) is 0.904. The number of fused-ring (bicyclic) bond motifs is 1. The lowest BCUT2D eigenvalue weighted by Crippen LogP contribution is -2.27. The number of nitrogens with zero attached hydrogens (tertiary/aromatic N) is 2. The molecule has 0 spiro atoms. The topological polar surface area (TPSA) is 49.8 Å². The van der Waals surface area contributed by atoms with Crippen LogP contribution >= 0.6 is 0 Å². The van der Waals surface area contributed by atoms with E-state index in [1.54, 1.807) is 6.33 Å². The average Bonchev–Trinajstić information content (AvgIpc) is 3.31. The van der Waals surface area contributed by atoms with Crippen LogP contribution in [0.3, 0.4) is 0 Å². The fourth-order valence-corrected chi connectivity index (χ4v) is 2.98. The van der Waals surface area contributed by atoms with E-state index in [2.05, 4.69) is 44.9 Å². The molecule has 108 valence electrons. The van der Waals surface area contributed by atoms with Crippen LogP contribution in [0.2, 0.25) is 0 Å². The second-order valence-electron chi connectivity index (χ2n) is 6.06. The normalized spacial score (nSPS) is 20.7. The Morgan fingerprint density at radius 2 is 1.57 bits per heavy atom. The first-order chi connectivity index (χ1) is 10.4. The zero-order valence-electron chi connectivity index (χ0n) is 12.0. The number of aryl methyl sites for hydroxylation is 1. The molecule has 2 aromatic rings. The molecule has 2 aliphatic carbocycles. The summed E-state index contributed by atoms with van der Waals surface area (Å²) < 4.78 is 0. The number of anilines is 2. The van der Waals surface area contributed by atoms with Gasteiger partial charge in [-0.2, -0.15) is 0 Å². The Morgan fingerprint density at radius 3 is 2.33 bits per heavy atom. The third-order valence-corrected chi connectivity index (χ3v) is 4.30. The van der Waals surface area contributed by atoms with Crippen LogP contribution in [0, 0.1) is 0 Å². The van der Waals surface area contributed by atoms with Gasteiger partial charge in [-0.15, -0.1) is 0 Å². The molecule has 2 N–H and O–H groups in total. The van der Waals surface area contributed by atoms with Crippen molar-refractivity contribution >= 4 is 11.6 Å². The maximum atomic E-state index is 4.35. The Labute approximate surface area is 125 Å². The first kappa shape index (κ1) is 12.6. The van der Waals surface area contributed by atoms with Crippen LogP contribution < -0.4 is 10.6 Å². The highest BCUT2D eigenvalue weighted by Crippen LogP contribution is 2.26. The molecule has 1 aromatic heterocycles. The van der Waals surface area contributed by atoms with Crippen molar-refractivity contribution in [1.29, 1.82) is 0 Å². The standard InChI is InChI=1S/C17H20N4/c1-2-4-13-9-15(6-5-12(13)3-1)21-17-10-16(18-11-19-17)20-14-7-8-14/h1-4,10-11,14-15H,5-9H2,(H2,18,19,20,21). The van der Waals surface area contributed by atoms with Gasteiger partial charge in [0.2, 0.25) is 0 Å². The first-order valence-corrected chi connectivity index (χ1v) is 7.79. The van der Waals surface area contributed by atoms with Gasteiger partial charge >= 0.3 is 0 Å². The second-order valence-corrected chi connectivity index (χ2v) is 6.06. The molecule has 0 radical (unpaired) electrons. The summed E-state index contributed by atoms with van der Waals surface area (Å²) in [6.07, 6.45) is 7.53. The molecule has 1 saturated carbocycles. The van der Waals surface area contributed by atoms with Crippen molar-refractivity contribution in [2.75, 3.05) is 10.6 Å². The maximum Gasteiger partial charge on any atom is 0.131 e. The molecule has 1 heterocycles. The minimum Gasteiger partial charge on any atom is -0.367 e. The van der Waals surface area contributed by atoms with Crippen molar-refractivity contribution in [2.45, 2.75) is 44.2 Å². The number of hydrogen-bond donors (Lipinski definition) is 2. The van der Waals surface area contributed by atoms with E-state index in [0.717, 1.165) is 30.9 Å². The predicted octanol–water partition coefficient (Wildman–Crippen LogP) is 3.02. The zero-order chi connectivity index (χ0) is 14.1. The fraction of sp³-hybridized carbons (Fsp3) is 0.412. The van der Waals surface area contributed by atoms with Gasteiger partial charge in [-0.3, -0.25) is 0 Å². The molecule has 4 nitrogen and oxygen atoms in total. The predicted molar refractivity (Wildman–Crippen MR) is 84.6 cm³/mol. The summed E-state index contributed by atoms with van der Waals surface area (Å²) in [6, 6.07) is 11.9. The Bertz CT molecular complexity index is 636. The number of rotatable bonds is 4. The van der Waals surface area contributed by atoms with Crippen LogP contribution in [0.5, 0.6) is 0 Å². The minimum absolute atomic E-state index is 0.462. The van der Waals surface area contributed by atoms with Crippen LogP contribution in [0.1, 0.15) is 30.4 Å². The minimum atomic E-state index is 0.462. The summed E-state index contributed by atoms with van der Waals surface area (Å²) in [7, 11) is 0. The summed E-state index contributed by atoms with van der Waals surface area (Å²) >= 11 is 0. The first-order valence-electron chi connectivity index (χ1n) is 7.79. The van der Waals surface area contributed by atoms with Gasteiger partial charge in [0.25, 0.3) is 0 Å². The van der Waals surface area contributed by atoms with Crippen molar-refractivity contribution in [3.05, 3.63) is 47.8 Å². The molecular formula is C17H20N4. The Balaban J connectivity index is 1.44. The third kappa shape index (κ3) is 2.99. The number of aromatic nitrogens is 2. The van der Waals surface area contributed by atoms with Crippen LogP contribution in [-0.2, 0) is 12.8 Å². The van der Waals surface area contributed by atoms with Crippen molar-refractivity contribution < 1.29 is 0 Å². The smallest absolute Gasteiger partial charge is 0.131 e. The van der Waals surface area contributed by atoms with Gasteiger partial charge in [0, 0.05) is 18.2 Å². The monoisotopic (exact) mass is 280 g/mol. The van der Waals surface area contributed by atoms with Crippen LogP contribution in [0.25, 0.3) is 0 Å². The van der Waals surface area contributed by atoms with E-state index in [9.17, 15) is 0 Å². The molecule has 0 saturated heterocycles. The molecule has 4 heteroatoms. The molecule has 2 aliphatic rings. The van der Waals surface area contributed by atoms with E-state index in [4.69, 9.17) is 0 Å². The van der Waals surface area contributed by atoms with E-state index in [-0.39, 0.29) is 0 Å². The van der Waals surface area contributed by atoms with Crippen LogP contribution in [0.15, 0.2) is 36.7 Å². The highest BCUT2D eigenvalue weighted by Gasteiger charge is 2.22. The fourth-order valence-electron chi connectivity index (χ4n) is 2.98. The van der Waals surface area contributed by atoms with Gasteiger partial charge in [0.15, 0.2) is 0 Å². The third-order valence-electron chi connectivity index (χ3n) is 4.30. The highest BCUT2D eigenvalue weighted by atomic mass is 15.1. The number of hydrogen-bond acceptors (Lipinski definition) is 4. The van der Waals surface area contributed by atoms with Gasteiger partial charge in [-0.25, -0.2) is 9.97 Å². The average molecular weight is 280 g/mol. The van der Waals surface area contributed by atoms with Gasteiger partial charge in [0.05, 0.1) is 0 Å². The number of benzene rings is 1. The Kier molecular flexibility index (Phi) is 3.22. The summed E-state index contributed by atoms with van der Waals surface area (Å²) in [5.74, 6) is 1.86. The molecule has 0 bridgehead atoms. The largest absolute Gasteiger partial charge is 0.367 e.